The number of primary amides is 1. The molecule has 3 N–H and O–H groups in total. The number of hydrogen-bond acceptors (Lipinski definition) is 2. The summed E-state index contributed by atoms with van der Waals surface area (Å²) in [7, 11) is 0. The first kappa shape index (κ1) is 14.6. The van der Waals surface area contributed by atoms with Crippen molar-refractivity contribution >= 4 is 33.4 Å². The molecule has 6 heteroatoms. The van der Waals surface area contributed by atoms with Gasteiger partial charge in [-0.3, -0.25) is 9.59 Å². The van der Waals surface area contributed by atoms with Gasteiger partial charge < -0.3 is 11.1 Å². The Balaban J connectivity index is 2.68. The van der Waals surface area contributed by atoms with E-state index in [1.54, 1.807) is 0 Å². The molecule has 0 heterocycles. The van der Waals surface area contributed by atoms with Gasteiger partial charge in [-0.2, -0.15) is 0 Å². The summed E-state index contributed by atoms with van der Waals surface area (Å²) in [6.07, 6.45) is 1.90. The highest BCUT2D eigenvalue weighted by atomic mass is 79.9. The Labute approximate surface area is 113 Å². The van der Waals surface area contributed by atoms with Crippen LogP contribution in [-0.2, 0) is 4.79 Å². The zero-order chi connectivity index (χ0) is 13.5. The molecule has 0 saturated heterocycles. The molecule has 1 rings (SSSR count). The number of carbonyl (C=O) groups is 2. The Hall–Kier alpha value is -1.43. The van der Waals surface area contributed by atoms with E-state index in [-0.39, 0.29) is 17.2 Å². The van der Waals surface area contributed by atoms with Gasteiger partial charge in [0.1, 0.15) is 5.82 Å². The van der Waals surface area contributed by atoms with Gasteiger partial charge >= 0.3 is 0 Å². The largest absolute Gasteiger partial charge is 0.366 e. The molecule has 0 fully saturated rings. The lowest BCUT2D eigenvalue weighted by Crippen LogP contribution is -2.15. The lowest BCUT2D eigenvalue weighted by Gasteiger charge is -2.07. The lowest BCUT2D eigenvalue weighted by atomic mass is 10.1. The minimum atomic E-state index is -0.662. The van der Waals surface area contributed by atoms with Gasteiger partial charge in [-0.15, -0.1) is 0 Å². The molecule has 0 saturated carbocycles. The summed E-state index contributed by atoms with van der Waals surface area (Å²) in [6, 6.07) is 3.62. The van der Waals surface area contributed by atoms with Crippen LogP contribution in [0.5, 0.6) is 0 Å². The van der Waals surface area contributed by atoms with Crippen LogP contribution in [0.25, 0.3) is 0 Å². The number of rotatable bonds is 6. The number of halogens is 2. The number of unbranched alkanes of at least 4 members (excludes halogenated alkanes) is 1. The number of nitrogens with one attached hydrogen (secondary N) is 1. The Bertz CT molecular complexity index is 452. The predicted octanol–water partition coefficient (Wildman–Crippen LogP) is 2.43. The number of hydrogen-bond donors (Lipinski definition) is 2. The van der Waals surface area contributed by atoms with Crippen molar-refractivity contribution in [3.8, 4) is 0 Å². The number of amides is 2. The summed E-state index contributed by atoms with van der Waals surface area (Å²) < 4.78 is 13.4. The molecule has 0 radical (unpaired) electrons. The van der Waals surface area contributed by atoms with Crippen LogP contribution in [0.1, 0.15) is 29.6 Å². The van der Waals surface area contributed by atoms with Crippen LogP contribution in [0.15, 0.2) is 18.2 Å². The lowest BCUT2D eigenvalue weighted by molar-refractivity contribution is -0.116. The van der Waals surface area contributed by atoms with Crippen LogP contribution < -0.4 is 11.1 Å². The summed E-state index contributed by atoms with van der Waals surface area (Å²) in [6.45, 7) is 0. The number of benzene rings is 1. The molecule has 1 aromatic rings. The molecular weight excluding hydrogens is 303 g/mol. The van der Waals surface area contributed by atoms with Crippen molar-refractivity contribution in [3.05, 3.63) is 29.6 Å². The van der Waals surface area contributed by atoms with Gasteiger partial charge in [0.2, 0.25) is 11.8 Å². The average Bonchev–Trinajstić information content (AvgIpc) is 2.32. The van der Waals surface area contributed by atoms with Crippen molar-refractivity contribution in [1.29, 1.82) is 0 Å². The molecule has 0 unspecified atom stereocenters. The highest BCUT2D eigenvalue weighted by Crippen LogP contribution is 2.16. The molecule has 98 valence electrons. The molecule has 18 heavy (non-hydrogen) atoms. The van der Waals surface area contributed by atoms with Crippen LogP contribution in [0.3, 0.4) is 0 Å². The van der Waals surface area contributed by atoms with Gasteiger partial charge in [0.15, 0.2) is 0 Å². The maximum Gasteiger partial charge on any atom is 0.248 e. The summed E-state index contributed by atoms with van der Waals surface area (Å²) in [5, 5.41) is 3.25. The fourth-order valence-electron chi connectivity index (χ4n) is 1.37. The third kappa shape index (κ3) is 4.44. The molecule has 0 aromatic heterocycles. The Morgan fingerprint density at radius 2 is 2.06 bits per heavy atom. The Morgan fingerprint density at radius 1 is 1.33 bits per heavy atom. The van der Waals surface area contributed by atoms with E-state index < -0.39 is 11.7 Å². The van der Waals surface area contributed by atoms with Crippen molar-refractivity contribution in [2.45, 2.75) is 19.3 Å². The van der Waals surface area contributed by atoms with E-state index in [9.17, 15) is 14.0 Å². The topological polar surface area (TPSA) is 72.2 Å². The van der Waals surface area contributed by atoms with Crippen molar-refractivity contribution < 1.29 is 14.0 Å². The van der Waals surface area contributed by atoms with Gasteiger partial charge in [0.05, 0.1) is 5.69 Å². The first-order valence-electron chi connectivity index (χ1n) is 5.49. The molecule has 0 aliphatic carbocycles. The number of carbonyl (C=O) groups excluding carboxylic acids is 2. The van der Waals surface area contributed by atoms with Gasteiger partial charge in [0.25, 0.3) is 0 Å². The second kappa shape index (κ2) is 7.10. The SMILES string of the molecule is NC(=O)c1ccc(F)c(NC(=O)CCCCBr)c1. The van der Waals surface area contributed by atoms with E-state index in [1.165, 1.54) is 12.1 Å². The zero-order valence-corrected chi connectivity index (χ0v) is 11.3. The number of nitrogens with two attached hydrogens (primary N) is 1. The minimum Gasteiger partial charge on any atom is -0.366 e. The van der Waals surface area contributed by atoms with Crippen molar-refractivity contribution in [3.63, 3.8) is 0 Å². The highest BCUT2D eigenvalue weighted by Gasteiger charge is 2.09. The van der Waals surface area contributed by atoms with E-state index >= 15 is 0 Å². The van der Waals surface area contributed by atoms with Crippen LogP contribution in [0.2, 0.25) is 0 Å². The summed E-state index contributed by atoms with van der Waals surface area (Å²) in [5.74, 6) is -1.53. The van der Waals surface area contributed by atoms with Crippen molar-refractivity contribution in [2.24, 2.45) is 5.73 Å². The van der Waals surface area contributed by atoms with E-state index in [0.29, 0.717) is 12.8 Å². The molecule has 0 spiro atoms. The van der Waals surface area contributed by atoms with E-state index in [4.69, 9.17) is 5.73 Å². The molecular formula is C12H14BrFN2O2. The normalized spacial score (nSPS) is 10.1. The maximum absolute atomic E-state index is 13.4. The molecule has 0 aliphatic heterocycles. The zero-order valence-electron chi connectivity index (χ0n) is 9.71. The summed E-state index contributed by atoms with van der Waals surface area (Å²) >= 11 is 3.26. The van der Waals surface area contributed by atoms with Crippen LogP contribution in [0.4, 0.5) is 10.1 Å². The molecule has 0 bridgehead atoms. The van der Waals surface area contributed by atoms with E-state index in [0.717, 1.165) is 17.8 Å². The molecule has 0 aliphatic rings. The first-order chi connectivity index (χ1) is 8.54. The molecule has 2 amide bonds. The average molecular weight is 317 g/mol. The van der Waals surface area contributed by atoms with E-state index in [1.807, 2.05) is 0 Å². The standard InChI is InChI=1S/C12H14BrFN2O2/c13-6-2-1-3-11(17)16-10-7-8(12(15)18)4-5-9(10)14/h4-5,7H,1-3,6H2,(H2,15,18)(H,16,17). The monoisotopic (exact) mass is 316 g/mol. The van der Waals surface area contributed by atoms with Gasteiger partial charge in [-0.05, 0) is 31.0 Å². The fraction of sp³-hybridized carbons (Fsp3) is 0.333. The van der Waals surface area contributed by atoms with Gasteiger partial charge in [0, 0.05) is 17.3 Å². The highest BCUT2D eigenvalue weighted by molar-refractivity contribution is 9.09. The minimum absolute atomic E-state index is 0.0184. The maximum atomic E-state index is 13.4. The number of anilines is 1. The Kier molecular flexibility index (Phi) is 5.77. The molecule has 1 aromatic carbocycles. The third-order valence-electron chi connectivity index (χ3n) is 2.31. The molecule has 0 atom stereocenters. The quantitative estimate of drug-likeness (QED) is 0.625. The third-order valence-corrected chi connectivity index (χ3v) is 2.87. The number of alkyl halides is 1. The molecule has 4 nitrogen and oxygen atoms in total. The van der Waals surface area contributed by atoms with Crippen molar-refractivity contribution in [2.75, 3.05) is 10.6 Å². The van der Waals surface area contributed by atoms with Crippen LogP contribution in [0, 0.1) is 5.82 Å². The van der Waals surface area contributed by atoms with Gasteiger partial charge in [-0.1, -0.05) is 15.9 Å². The second-order valence-corrected chi connectivity index (χ2v) is 4.55. The second-order valence-electron chi connectivity index (χ2n) is 3.75. The van der Waals surface area contributed by atoms with Crippen molar-refractivity contribution in [1.82, 2.24) is 0 Å². The van der Waals surface area contributed by atoms with E-state index in [2.05, 4.69) is 21.2 Å². The first-order valence-corrected chi connectivity index (χ1v) is 6.62. The Morgan fingerprint density at radius 3 is 2.67 bits per heavy atom. The van der Waals surface area contributed by atoms with Gasteiger partial charge in [-0.25, -0.2) is 4.39 Å². The smallest absolute Gasteiger partial charge is 0.248 e. The van der Waals surface area contributed by atoms with Crippen LogP contribution in [-0.4, -0.2) is 17.1 Å². The van der Waals surface area contributed by atoms with Crippen LogP contribution >= 0.6 is 15.9 Å². The fourth-order valence-corrected chi connectivity index (χ4v) is 1.76. The summed E-state index contributed by atoms with van der Waals surface area (Å²) in [5.41, 5.74) is 5.22. The summed E-state index contributed by atoms with van der Waals surface area (Å²) in [4.78, 5) is 22.5. The predicted molar refractivity (Wildman–Crippen MR) is 71.2 cm³/mol.